The van der Waals surface area contributed by atoms with Gasteiger partial charge in [0.05, 0.1) is 12.2 Å². The first-order chi connectivity index (χ1) is 15.6. The third-order valence-electron chi connectivity index (χ3n) is 6.14. The molecule has 0 spiro atoms. The van der Waals surface area contributed by atoms with Crippen molar-refractivity contribution < 1.29 is 4.79 Å². The molecule has 7 heteroatoms. The average molecular weight is 427 g/mol. The maximum absolute atomic E-state index is 12.8. The van der Waals surface area contributed by atoms with Gasteiger partial charge in [0.15, 0.2) is 0 Å². The summed E-state index contributed by atoms with van der Waals surface area (Å²) in [7, 11) is 4.13. The molecule has 3 aromatic rings. The van der Waals surface area contributed by atoms with Crippen molar-refractivity contribution in [3.63, 3.8) is 0 Å². The number of nitrogens with zero attached hydrogens (tertiary/aromatic N) is 5. The van der Waals surface area contributed by atoms with Crippen molar-refractivity contribution >= 4 is 23.8 Å². The van der Waals surface area contributed by atoms with Gasteiger partial charge >= 0.3 is 0 Å². The van der Waals surface area contributed by atoms with Gasteiger partial charge < -0.3 is 15.1 Å². The smallest absolute Gasteiger partial charge is 0.253 e. The van der Waals surface area contributed by atoms with Gasteiger partial charge in [0.25, 0.3) is 5.91 Å². The van der Waals surface area contributed by atoms with Gasteiger partial charge in [-0.15, -0.1) is 0 Å². The van der Waals surface area contributed by atoms with Crippen molar-refractivity contribution in [2.24, 2.45) is 4.99 Å². The number of aromatic nitrogens is 2. The minimum absolute atomic E-state index is 0.0822. The fourth-order valence-electron chi connectivity index (χ4n) is 4.24. The second-order valence-corrected chi connectivity index (χ2v) is 8.48. The normalized spacial score (nSPS) is 17.1. The van der Waals surface area contributed by atoms with Crippen molar-refractivity contribution in [2.45, 2.75) is 19.0 Å². The monoisotopic (exact) mass is 426 g/mol. The van der Waals surface area contributed by atoms with E-state index in [1.54, 1.807) is 0 Å². The molecule has 1 aromatic heterocycles. The van der Waals surface area contributed by atoms with E-state index in [4.69, 9.17) is 4.98 Å². The number of benzene rings is 2. The molecule has 2 aromatic carbocycles. The van der Waals surface area contributed by atoms with Gasteiger partial charge in [-0.1, -0.05) is 24.3 Å². The zero-order valence-electron chi connectivity index (χ0n) is 18.3. The van der Waals surface area contributed by atoms with Crippen LogP contribution in [0.1, 0.15) is 27.9 Å². The van der Waals surface area contributed by atoms with Crippen LogP contribution >= 0.6 is 0 Å². The van der Waals surface area contributed by atoms with Gasteiger partial charge in [-0.25, -0.2) is 9.97 Å². The Bertz CT molecular complexity index is 1170. The molecular formula is C25H26N6O. The molecule has 1 amide bonds. The van der Waals surface area contributed by atoms with E-state index in [0.29, 0.717) is 24.1 Å². The van der Waals surface area contributed by atoms with E-state index in [9.17, 15) is 4.79 Å². The molecule has 5 rings (SSSR count). The number of carbonyl (C=O) groups is 1. The zero-order chi connectivity index (χ0) is 22.1. The lowest BCUT2D eigenvalue weighted by Gasteiger charge is -2.20. The first-order valence-electron chi connectivity index (χ1n) is 10.9. The number of hydrogen-bond acceptors (Lipinski definition) is 6. The Morgan fingerprint density at radius 3 is 2.72 bits per heavy atom. The van der Waals surface area contributed by atoms with E-state index < -0.39 is 0 Å². The first-order valence-corrected chi connectivity index (χ1v) is 10.9. The highest BCUT2D eigenvalue weighted by Crippen LogP contribution is 2.28. The molecule has 0 saturated carbocycles. The summed E-state index contributed by atoms with van der Waals surface area (Å²) in [4.78, 5) is 30.7. The summed E-state index contributed by atoms with van der Waals surface area (Å²) in [6.07, 6.45) is 4.74. The number of amides is 1. The number of nitrogens with one attached hydrogen (secondary N) is 1. The Labute approximate surface area is 187 Å². The van der Waals surface area contributed by atoms with E-state index >= 15 is 0 Å². The van der Waals surface area contributed by atoms with Gasteiger partial charge in [-0.05, 0) is 44.8 Å². The van der Waals surface area contributed by atoms with E-state index in [1.165, 1.54) is 0 Å². The molecule has 1 fully saturated rings. The number of rotatable bonds is 4. The van der Waals surface area contributed by atoms with Crippen molar-refractivity contribution in [1.82, 2.24) is 19.8 Å². The Hall–Kier alpha value is -3.58. The molecule has 0 radical (unpaired) electrons. The third-order valence-corrected chi connectivity index (χ3v) is 6.14. The maximum Gasteiger partial charge on any atom is 0.253 e. The van der Waals surface area contributed by atoms with Crippen molar-refractivity contribution in [2.75, 3.05) is 32.5 Å². The molecule has 0 bridgehead atoms. The van der Waals surface area contributed by atoms with E-state index in [2.05, 4.69) is 40.4 Å². The number of aliphatic imine (C=N–C) groups is 1. The molecule has 1 saturated heterocycles. The minimum Gasteiger partial charge on any atom is -0.337 e. The lowest BCUT2D eigenvalue weighted by atomic mass is 10.0. The van der Waals surface area contributed by atoms with Crippen molar-refractivity contribution in [1.29, 1.82) is 0 Å². The van der Waals surface area contributed by atoms with Crippen LogP contribution in [0.15, 0.2) is 59.7 Å². The topological polar surface area (TPSA) is 73.7 Å². The second kappa shape index (κ2) is 8.51. The van der Waals surface area contributed by atoms with Gasteiger partial charge in [0.2, 0.25) is 5.95 Å². The first kappa shape index (κ1) is 20.3. The van der Waals surface area contributed by atoms with Crippen LogP contribution in [0.2, 0.25) is 0 Å². The summed E-state index contributed by atoms with van der Waals surface area (Å²) in [5.74, 6) is 0.603. The molecule has 1 atom stereocenters. The van der Waals surface area contributed by atoms with Crippen LogP contribution < -0.4 is 5.32 Å². The number of hydrogen-bond donors (Lipinski definition) is 1. The lowest BCUT2D eigenvalue weighted by Crippen LogP contribution is -2.34. The quantitative estimate of drug-likeness (QED) is 0.690. The van der Waals surface area contributed by atoms with E-state index in [0.717, 1.165) is 47.6 Å². The Kier molecular flexibility index (Phi) is 5.41. The van der Waals surface area contributed by atoms with Crippen LogP contribution in [0, 0.1) is 0 Å². The average Bonchev–Trinajstić information content (AvgIpc) is 3.24. The Morgan fingerprint density at radius 2 is 1.94 bits per heavy atom. The van der Waals surface area contributed by atoms with Crippen LogP contribution in [0.3, 0.4) is 0 Å². The lowest BCUT2D eigenvalue weighted by molar-refractivity contribution is 0.0783. The molecule has 32 heavy (non-hydrogen) atoms. The van der Waals surface area contributed by atoms with Crippen LogP contribution in [0.5, 0.6) is 0 Å². The predicted molar refractivity (Wildman–Crippen MR) is 126 cm³/mol. The summed E-state index contributed by atoms with van der Waals surface area (Å²) in [6.45, 7) is 2.14. The molecule has 0 aliphatic carbocycles. The van der Waals surface area contributed by atoms with Crippen LogP contribution in [-0.4, -0.2) is 65.1 Å². The van der Waals surface area contributed by atoms with Gasteiger partial charge in [-0.2, -0.15) is 0 Å². The summed E-state index contributed by atoms with van der Waals surface area (Å²) < 4.78 is 0. The fraction of sp³-hybridized carbons (Fsp3) is 0.280. The molecule has 2 aliphatic rings. The second-order valence-electron chi connectivity index (χ2n) is 8.48. The largest absolute Gasteiger partial charge is 0.337 e. The maximum atomic E-state index is 12.8. The summed E-state index contributed by atoms with van der Waals surface area (Å²) >= 11 is 0. The zero-order valence-corrected chi connectivity index (χ0v) is 18.3. The Morgan fingerprint density at radius 1 is 1.12 bits per heavy atom. The number of likely N-dealkylation sites (N-methyl/N-ethyl adjacent to an activating group) is 1. The summed E-state index contributed by atoms with van der Waals surface area (Å²) in [5.41, 5.74) is 5.54. The van der Waals surface area contributed by atoms with Gasteiger partial charge in [0, 0.05) is 59.5 Å². The van der Waals surface area contributed by atoms with E-state index in [1.807, 2.05) is 59.8 Å². The van der Waals surface area contributed by atoms with Crippen molar-refractivity contribution in [3.8, 4) is 11.3 Å². The molecule has 1 unspecified atom stereocenters. The predicted octanol–water partition coefficient (Wildman–Crippen LogP) is 3.60. The van der Waals surface area contributed by atoms with E-state index in [-0.39, 0.29) is 5.91 Å². The Balaban J connectivity index is 1.32. The molecule has 2 aliphatic heterocycles. The molecule has 7 nitrogen and oxygen atoms in total. The fourth-order valence-corrected chi connectivity index (χ4v) is 4.24. The van der Waals surface area contributed by atoms with Crippen LogP contribution in [-0.2, 0) is 6.54 Å². The standard InChI is InChI=1S/C25H26N6O/c1-30(2)21-11-12-31(16-21)24(32)17-7-9-20(10-8-17)28-25-27-15-19-14-26-13-18-5-3-4-6-22(18)23(19)29-25/h3-10,13,15,21H,11-12,14,16H2,1-2H3,(H,27,28,29). The van der Waals surface area contributed by atoms with Crippen LogP contribution in [0.4, 0.5) is 11.6 Å². The SMILES string of the molecule is CN(C)C1CCN(C(=O)c2ccc(Nc3ncc4c(n3)-c3ccccc3C=NC4)cc2)C1. The molecular weight excluding hydrogens is 400 g/mol. The number of anilines is 2. The molecule has 3 heterocycles. The summed E-state index contributed by atoms with van der Waals surface area (Å²) in [5, 5.41) is 3.27. The number of carbonyl (C=O) groups excluding carboxylic acids is 1. The van der Waals surface area contributed by atoms with Gasteiger partial charge in [0.1, 0.15) is 0 Å². The molecule has 1 N–H and O–H groups in total. The van der Waals surface area contributed by atoms with Crippen molar-refractivity contribution in [3.05, 3.63) is 71.4 Å². The van der Waals surface area contributed by atoms with Crippen LogP contribution in [0.25, 0.3) is 11.3 Å². The van der Waals surface area contributed by atoms with Gasteiger partial charge in [-0.3, -0.25) is 9.79 Å². The highest BCUT2D eigenvalue weighted by molar-refractivity contribution is 5.95. The highest BCUT2D eigenvalue weighted by Gasteiger charge is 2.28. The number of likely N-dealkylation sites (tertiary alicyclic amines) is 1. The number of fused-ring (bicyclic) bond motifs is 3. The minimum atomic E-state index is 0.0822. The highest BCUT2D eigenvalue weighted by atomic mass is 16.2. The third kappa shape index (κ3) is 3.99. The summed E-state index contributed by atoms with van der Waals surface area (Å²) in [6, 6.07) is 16.1. The molecule has 162 valence electrons.